The average molecular weight is 270 g/mol. The first-order valence-electron chi connectivity index (χ1n) is 4.53. The Hall–Kier alpha value is -1.57. The predicted molar refractivity (Wildman–Crippen MR) is 67.8 cm³/mol. The smallest absolute Gasteiger partial charge is 0.263 e. The molecular formula is C8H10N6OS2. The van der Waals surface area contributed by atoms with Gasteiger partial charge in [-0.3, -0.25) is 4.79 Å². The summed E-state index contributed by atoms with van der Waals surface area (Å²) < 4.78 is 0. The van der Waals surface area contributed by atoms with E-state index < -0.39 is 11.9 Å². The van der Waals surface area contributed by atoms with Crippen LogP contribution in [0.25, 0.3) is 10.4 Å². The summed E-state index contributed by atoms with van der Waals surface area (Å²) in [6.07, 6.45) is 1.69. The van der Waals surface area contributed by atoms with Crippen LogP contribution in [0.15, 0.2) is 34.6 Å². The molecule has 1 amide bonds. The number of hydrogen-bond acceptors (Lipinski definition) is 5. The zero-order valence-electron chi connectivity index (χ0n) is 8.68. The Kier molecular flexibility index (Phi) is 6.08. The van der Waals surface area contributed by atoms with Crippen molar-refractivity contribution in [3.63, 3.8) is 0 Å². The molecule has 0 aliphatic heterocycles. The summed E-state index contributed by atoms with van der Waals surface area (Å²) in [5, 5.41) is 3.95. The van der Waals surface area contributed by atoms with Gasteiger partial charge in [0.15, 0.2) is 6.04 Å². The van der Waals surface area contributed by atoms with Gasteiger partial charge in [-0.1, -0.05) is 16.9 Å². The van der Waals surface area contributed by atoms with Crippen LogP contribution in [0.2, 0.25) is 0 Å². The quantitative estimate of drug-likeness (QED) is 0.256. The Morgan fingerprint density at radius 1 is 1.71 bits per heavy atom. The molecule has 7 nitrogen and oxygen atoms in total. The Bertz CT molecular complexity index is 408. The number of nitrogens with one attached hydrogen (secondary N) is 1. The van der Waals surface area contributed by atoms with Gasteiger partial charge in [-0.15, -0.1) is 5.53 Å². The number of pyridine rings is 1. The second kappa shape index (κ2) is 7.66. The van der Waals surface area contributed by atoms with Gasteiger partial charge >= 0.3 is 0 Å². The molecule has 0 aliphatic carbocycles. The third kappa shape index (κ3) is 5.34. The van der Waals surface area contributed by atoms with Gasteiger partial charge in [-0.25, -0.2) is 10.4 Å². The van der Waals surface area contributed by atoms with Crippen LogP contribution in [0, 0.1) is 0 Å². The Morgan fingerprint density at radius 3 is 3.12 bits per heavy atom. The van der Waals surface area contributed by atoms with E-state index in [-0.39, 0.29) is 0 Å². The minimum Gasteiger partial charge on any atom is -0.366 e. The maximum atomic E-state index is 11.0. The molecule has 1 aromatic heterocycles. The van der Waals surface area contributed by atoms with E-state index in [0.717, 1.165) is 5.03 Å². The summed E-state index contributed by atoms with van der Waals surface area (Å²) in [4.78, 5) is 17.6. The summed E-state index contributed by atoms with van der Waals surface area (Å²) in [5.74, 6) is -0.179. The lowest BCUT2D eigenvalue weighted by Crippen LogP contribution is -2.40. The molecule has 9 heteroatoms. The molecule has 0 aromatic carbocycles. The van der Waals surface area contributed by atoms with E-state index in [0.29, 0.717) is 5.75 Å². The molecule has 1 rings (SSSR count). The second-order valence-electron chi connectivity index (χ2n) is 2.81. The first-order valence-corrected chi connectivity index (χ1v) is 6.85. The van der Waals surface area contributed by atoms with Crippen LogP contribution < -0.4 is 11.2 Å². The summed E-state index contributed by atoms with van der Waals surface area (Å²) in [6.45, 7) is 0. The largest absolute Gasteiger partial charge is 0.366 e. The number of azide groups is 1. The first kappa shape index (κ1) is 13.5. The number of amides is 1. The van der Waals surface area contributed by atoms with Crippen LogP contribution >= 0.6 is 21.6 Å². The fourth-order valence-corrected chi connectivity index (χ4v) is 2.91. The van der Waals surface area contributed by atoms with E-state index in [1.807, 2.05) is 18.2 Å². The maximum Gasteiger partial charge on any atom is 0.263 e. The Labute approximate surface area is 106 Å². The van der Waals surface area contributed by atoms with Crippen molar-refractivity contribution >= 4 is 27.5 Å². The third-order valence-electron chi connectivity index (χ3n) is 1.62. The van der Waals surface area contributed by atoms with Crippen LogP contribution in [0.4, 0.5) is 0 Å². The normalized spacial score (nSPS) is 11.3. The molecule has 1 aromatic rings. The minimum absolute atomic E-state index is 0.385. The average Bonchev–Trinajstić information content (AvgIpc) is 2.34. The van der Waals surface area contributed by atoms with Gasteiger partial charge in [0.2, 0.25) is 0 Å². The number of carbonyl (C=O) groups is 1. The molecule has 0 radical (unpaired) electrons. The number of nitrogens with zero attached hydrogens (tertiary/aromatic N) is 4. The third-order valence-corrected chi connectivity index (χ3v) is 3.89. The first-order chi connectivity index (χ1) is 8.24. The molecule has 3 N–H and O–H groups in total. The van der Waals surface area contributed by atoms with E-state index in [9.17, 15) is 4.79 Å². The van der Waals surface area contributed by atoms with E-state index >= 15 is 0 Å². The molecule has 0 saturated heterocycles. The molecule has 0 aliphatic rings. The highest BCUT2D eigenvalue weighted by Crippen LogP contribution is 2.29. The van der Waals surface area contributed by atoms with Gasteiger partial charge in [0.25, 0.3) is 5.91 Å². The van der Waals surface area contributed by atoms with Gasteiger partial charge < -0.3 is 5.73 Å². The zero-order chi connectivity index (χ0) is 12.5. The SMILES string of the molecule is [N-]=[N+]=NNC(CSSc1ccccn1)C(N)=O. The van der Waals surface area contributed by atoms with E-state index in [4.69, 9.17) is 11.3 Å². The maximum absolute atomic E-state index is 11.0. The lowest BCUT2D eigenvalue weighted by molar-refractivity contribution is -0.119. The van der Waals surface area contributed by atoms with Crippen molar-refractivity contribution in [1.82, 2.24) is 10.4 Å². The van der Waals surface area contributed by atoms with Crippen molar-refractivity contribution in [2.45, 2.75) is 11.1 Å². The fourth-order valence-electron chi connectivity index (χ4n) is 0.837. The summed E-state index contributed by atoms with van der Waals surface area (Å²) in [6, 6.07) is 4.87. The predicted octanol–water partition coefficient (Wildman–Crippen LogP) is 1.49. The topological polar surface area (TPSA) is 117 Å². The standard InChI is InChI=1S/C8H10N6OS2/c9-8(15)6(12-14-13-10)5-16-17-7-3-1-2-4-11-7/h1-4,6,12H,5H2,(H2,9,15). The molecule has 0 spiro atoms. The molecule has 0 bridgehead atoms. The van der Waals surface area contributed by atoms with Crippen molar-refractivity contribution in [2.24, 2.45) is 11.0 Å². The lowest BCUT2D eigenvalue weighted by atomic mass is 10.3. The second-order valence-corrected chi connectivity index (χ2v) is 5.17. The van der Waals surface area contributed by atoms with Gasteiger partial charge in [0.1, 0.15) is 5.03 Å². The monoisotopic (exact) mass is 270 g/mol. The molecule has 90 valence electrons. The lowest BCUT2D eigenvalue weighted by Gasteiger charge is -2.07. The molecule has 0 fully saturated rings. The molecule has 1 heterocycles. The summed E-state index contributed by atoms with van der Waals surface area (Å²) >= 11 is 0. The zero-order valence-corrected chi connectivity index (χ0v) is 10.3. The van der Waals surface area contributed by atoms with Crippen molar-refractivity contribution in [3.8, 4) is 0 Å². The highest BCUT2D eigenvalue weighted by atomic mass is 33.1. The minimum atomic E-state index is -0.688. The molecule has 0 saturated carbocycles. The molecule has 1 unspecified atom stereocenters. The number of aromatic nitrogens is 1. The van der Waals surface area contributed by atoms with Crippen molar-refractivity contribution in [1.29, 1.82) is 0 Å². The van der Waals surface area contributed by atoms with Crippen molar-refractivity contribution < 1.29 is 4.79 Å². The number of nitrogens with two attached hydrogens (primary N) is 1. The number of carbonyl (C=O) groups excluding carboxylic acids is 1. The molecule has 17 heavy (non-hydrogen) atoms. The van der Waals surface area contributed by atoms with Crippen molar-refractivity contribution in [2.75, 3.05) is 5.75 Å². The van der Waals surface area contributed by atoms with Crippen molar-refractivity contribution in [3.05, 3.63) is 34.8 Å². The fraction of sp³-hybridized carbons (Fsp3) is 0.250. The Morgan fingerprint density at radius 2 is 2.53 bits per heavy atom. The van der Waals surface area contributed by atoms with Gasteiger partial charge in [-0.05, 0) is 28.1 Å². The van der Waals surface area contributed by atoms with Crippen LogP contribution in [-0.2, 0) is 4.79 Å². The Balaban J connectivity index is 2.37. The van der Waals surface area contributed by atoms with Crippen LogP contribution in [0.3, 0.4) is 0 Å². The summed E-state index contributed by atoms with van der Waals surface area (Å²) in [5.41, 5.74) is 15.6. The van der Waals surface area contributed by atoms with E-state index in [1.54, 1.807) is 6.20 Å². The van der Waals surface area contributed by atoms with Crippen LogP contribution in [0.1, 0.15) is 0 Å². The number of hydrogen-bond donors (Lipinski definition) is 2. The van der Waals surface area contributed by atoms with E-state index in [1.165, 1.54) is 21.6 Å². The highest BCUT2D eigenvalue weighted by molar-refractivity contribution is 8.76. The summed E-state index contributed by atoms with van der Waals surface area (Å²) in [7, 11) is 2.82. The highest BCUT2D eigenvalue weighted by Gasteiger charge is 2.17. The molecular weight excluding hydrogens is 260 g/mol. The van der Waals surface area contributed by atoms with Gasteiger partial charge in [0, 0.05) is 6.20 Å². The van der Waals surface area contributed by atoms with E-state index in [2.05, 4.69) is 20.5 Å². The van der Waals surface area contributed by atoms with Gasteiger partial charge in [0.05, 0.1) is 5.75 Å². The molecule has 1 atom stereocenters. The van der Waals surface area contributed by atoms with Crippen LogP contribution in [-0.4, -0.2) is 22.7 Å². The van der Waals surface area contributed by atoms with Gasteiger partial charge in [-0.2, -0.15) is 4.91 Å². The van der Waals surface area contributed by atoms with Crippen LogP contribution in [0.5, 0.6) is 0 Å². The number of primary amides is 1. The number of rotatable bonds is 7.